The summed E-state index contributed by atoms with van der Waals surface area (Å²) in [7, 11) is 0. The molecule has 1 atom stereocenters. The van der Waals surface area contributed by atoms with Crippen molar-refractivity contribution in [3.05, 3.63) is 11.6 Å². The summed E-state index contributed by atoms with van der Waals surface area (Å²) in [6.45, 7) is 8.84. The van der Waals surface area contributed by atoms with Gasteiger partial charge in [-0.15, -0.1) is 0 Å². The molecule has 0 saturated heterocycles. The average molecular weight is 355 g/mol. The Hall–Kier alpha value is -0.240. The third-order valence-corrected chi connectivity index (χ3v) is 6.25. The first kappa shape index (κ1) is 23.8. The van der Waals surface area contributed by atoms with E-state index in [1.54, 1.807) is 0 Å². The van der Waals surface area contributed by atoms with Gasteiger partial charge >= 0.3 is 0 Å². The monoisotopic (exact) mass is 354 g/mol. The lowest BCUT2D eigenvalue weighted by Crippen LogP contribution is -2.21. The topological polar surface area (TPSA) is 17.1 Å². The number of carbonyl (C=O) groups excluding carboxylic acids is 1. The average Bonchev–Trinajstić information content (AvgIpc) is 2.52. The van der Waals surface area contributed by atoms with Gasteiger partial charge in [0.1, 0.15) is 6.29 Å². The van der Waals surface area contributed by atoms with Gasteiger partial charge in [-0.2, -0.15) is 11.8 Å². The van der Waals surface area contributed by atoms with E-state index in [4.69, 9.17) is 0 Å². The van der Waals surface area contributed by atoms with E-state index in [1.165, 1.54) is 75.5 Å². The molecule has 0 saturated carbocycles. The number of rotatable bonds is 17. The van der Waals surface area contributed by atoms with Gasteiger partial charge in [0.15, 0.2) is 0 Å². The van der Waals surface area contributed by atoms with Crippen LogP contribution in [0.2, 0.25) is 0 Å². The minimum Gasteiger partial charge on any atom is -0.303 e. The maximum atomic E-state index is 11.0. The number of carbonyl (C=O) groups is 1. The number of aldehydes is 1. The van der Waals surface area contributed by atoms with Crippen LogP contribution in [0.25, 0.3) is 0 Å². The minimum absolute atomic E-state index is 0.132. The van der Waals surface area contributed by atoms with Gasteiger partial charge in [0, 0.05) is 11.2 Å². The lowest BCUT2D eigenvalue weighted by molar-refractivity contribution is -0.108. The molecule has 0 fully saturated rings. The van der Waals surface area contributed by atoms with Crippen LogP contribution in [0, 0.1) is 0 Å². The number of hydrogen-bond donors (Lipinski definition) is 0. The molecular formula is C22H42OS. The van der Waals surface area contributed by atoms with Crippen LogP contribution in [0.4, 0.5) is 0 Å². The minimum atomic E-state index is 0.132. The maximum absolute atomic E-state index is 11.0. The summed E-state index contributed by atoms with van der Waals surface area (Å²) in [6, 6.07) is 0. The second-order valence-electron chi connectivity index (χ2n) is 7.67. The van der Waals surface area contributed by atoms with Gasteiger partial charge in [-0.1, -0.05) is 83.3 Å². The smallest absolute Gasteiger partial charge is 0.121 e. The van der Waals surface area contributed by atoms with Crippen LogP contribution in [0.5, 0.6) is 0 Å². The van der Waals surface area contributed by atoms with Crippen LogP contribution < -0.4 is 0 Å². The molecule has 0 spiro atoms. The summed E-state index contributed by atoms with van der Waals surface area (Å²) in [5.41, 5.74) is 1.38. The normalized spacial score (nSPS) is 13.5. The fourth-order valence-corrected chi connectivity index (χ4v) is 4.27. The fourth-order valence-electron chi connectivity index (χ4n) is 2.98. The van der Waals surface area contributed by atoms with Crippen LogP contribution in [0.1, 0.15) is 111 Å². The van der Waals surface area contributed by atoms with Gasteiger partial charge in [-0.25, -0.2) is 0 Å². The van der Waals surface area contributed by atoms with E-state index < -0.39 is 0 Å². The molecule has 24 heavy (non-hydrogen) atoms. The highest BCUT2D eigenvalue weighted by atomic mass is 32.2. The SMILES string of the molecule is CCCCCCCCCCCCSC(C)(CC=O)CCC=C(C)C. The molecule has 0 radical (unpaired) electrons. The summed E-state index contributed by atoms with van der Waals surface area (Å²) in [5.74, 6) is 1.20. The molecular weight excluding hydrogens is 312 g/mol. The Morgan fingerprint density at radius 3 is 1.96 bits per heavy atom. The Kier molecular flexibility index (Phi) is 16.1. The van der Waals surface area contributed by atoms with Gasteiger partial charge in [-0.3, -0.25) is 0 Å². The van der Waals surface area contributed by atoms with Gasteiger partial charge in [-0.05, 0) is 38.9 Å². The van der Waals surface area contributed by atoms with Crippen molar-refractivity contribution in [3.63, 3.8) is 0 Å². The first-order chi connectivity index (χ1) is 11.5. The molecule has 0 aromatic rings. The lowest BCUT2D eigenvalue weighted by Gasteiger charge is -2.26. The Morgan fingerprint density at radius 2 is 1.46 bits per heavy atom. The summed E-state index contributed by atoms with van der Waals surface area (Å²) >= 11 is 2.02. The zero-order valence-corrected chi connectivity index (χ0v) is 17.7. The molecule has 0 aliphatic rings. The van der Waals surface area contributed by atoms with Crippen LogP contribution in [0.15, 0.2) is 11.6 Å². The zero-order valence-electron chi connectivity index (χ0n) is 16.9. The highest BCUT2D eigenvalue weighted by molar-refractivity contribution is 8.00. The molecule has 1 unspecified atom stereocenters. The molecule has 0 aliphatic carbocycles. The van der Waals surface area contributed by atoms with Gasteiger partial charge in [0.2, 0.25) is 0 Å². The van der Waals surface area contributed by atoms with Gasteiger partial charge in [0.25, 0.3) is 0 Å². The van der Waals surface area contributed by atoms with Crippen molar-refractivity contribution < 1.29 is 4.79 Å². The molecule has 2 heteroatoms. The largest absolute Gasteiger partial charge is 0.303 e. The van der Waals surface area contributed by atoms with Crippen LogP contribution in [-0.2, 0) is 4.79 Å². The molecule has 142 valence electrons. The Balaban J connectivity index is 3.66. The Morgan fingerprint density at radius 1 is 0.917 bits per heavy atom. The summed E-state index contributed by atoms with van der Waals surface area (Å²) in [4.78, 5) is 11.0. The van der Waals surface area contributed by atoms with Gasteiger partial charge < -0.3 is 4.79 Å². The van der Waals surface area contributed by atoms with Crippen molar-refractivity contribution >= 4 is 18.0 Å². The van der Waals surface area contributed by atoms with Crippen molar-refractivity contribution in [3.8, 4) is 0 Å². The van der Waals surface area contributed by atoms with Gasteiger partial charge in [0.05, 0.1) is 0 Å². The number of allylic oxidation sites excluding steroid dienone is 2. The Bertz CT molecular complexity index is 320. The van der Waals surface area contributed by atoms with E-state index >= 15 is 0 Å². The van der Waals surface area contributed by atoms with E-state index in [2.05, 4.69) is 33.8 Å². The molecule has 0 aromatic carbocycles. The quantitative estimate of drug-likeness (QED) is 0.151. The first-order valence-corrected chi connectivity index (χ1v) is 11.2. The fraction of sp³-hybridized carbons (Fsp3) is 0.864. The highest BCUT2D eigenvalue weighted by Crippen LogP contribution is 2.34. The molecule has 0 heterocycles. The second kappa shape index (κ2) is 16.2. The summed E-state index contributed by atoms with van der Waals surface area (Å²) < 4.78 is 0.132. The molecule has 0 aliphatic heterocycles. The van der Waals surface area contributed by atoms with Crippen LogP contribution in [0.3, 0.4) is 0 Å². The van der Waals surface area contributed by atoms with E-state index in [-0.39, 0.29) is 4.75 Å². The van der Waals surface area contributed by atoms with Crippen molar-refractivity contribution in [2.45, 2.75) is 116 Å². The third kappa shape index (κ3) is 15.3. The van der Waals surface area contributed by atoms with Crippen molar-refractivity contribution in [1.82, 2.24) is 0 Å². The van der Waals surface area contributed by atoms with Crippen LogP contribution >= 0.6 is 11.8 Å². The number of hydrogen-bond acceptors (Lipinski definition) is 2. The van der Waals surface area contributed by atoms with Crippen molar-refractivity contribution in [2.75, 3.05) is 5.75 Å². The molecule has 0 bridgehead atoms. The molecule has 0 rings (SSSR count). The predicted octanol–water partition coefficient (Wildman–Crippen LogP) is 7.73. The third-order valence-electron chi connectivity index (χ3n) is 4.69. The van der Waals surface area contributed by atoms with E-state index in [0.29, 0.717) is 6.42 Å². The number of thioether (sulfide) groups is 1. The first-order valence-electron chi connectivity index (χ1n) is 10.2. The highest BCUT2D eigenvalue weighted by Gasteiger charge is 2.23. The second-order valence-corrected chi connectivity index (χ2v) is 9.35. The predicted molar refractivity (Wildman–Crippen MR) is 112 cm³/mol. The lowest BCUT2D eigenvalue weighted by atomic mass is 10.0. The molecule has 0 aromatic heterocycles. The maximum Gasteiger partial charge on any atom is 0.121 e. The van der Waals surface area contributed by atoms with E-state index in [1.807, 2.05) is 11.8 Å². The molecule has 0 amide bonds. The molecule has 0 N–H and O–H groups in total. The summed E-state index contributed by atoms with van der Waals surface area (Å²) in [5, 5.41) is 0. The zero-order chi connectivity index (χ0) is 18.1. The molecule has 1 nitrogen and oxygen atoms in total. The van der Waals surface area contributed by atoms with E-state index in [9.17, 15) is 4.79 Å². The standard InChI is InChI=1S/C22H42OS/c1-5-6-7-8-9-10-11-12-13-14-20-24-22(4,18-19-23)17-15-16-21(2)3/h16,19H,5-15,17-18,20H2,1-4H3. The number of unbranched alkanes of at least 4 members (excludes halogenated alkanes) is 9. The van der Waals surface area contributed by atoms with Crippen molar-refractivity contribution in [1.29, 1.82) is 0 Å². The van der Waals surface area contributed by atoms with E-state index in [0.717, 1.165) is 19.1 Å². The van der Waals surface area contributed by atoms with Crippen molar-refractivity contribution in [2.24, 2.45) is 0 Å². The Labute approximate surface area is 156 Å². The summed E-state index contributed by atoms with van der Waals surface area (Å²) in [6.07, 6.45) is 20.2. The van der Waals surface area contributed by atoms with Crippen LogP contribution in [-0.4, -0.2) is 16.8 Å².